The Morgan fingerprint density at radius 1 is 0.392 bits per heavy atom. The molecule has 79 heavy (non-hydrogen) atoms. The van der Waals surface area contributed by atoms with Gasteiger partial charge in [-0.25, -0.2) is 15.0 Å². The zero-order valence-corrected chi connectivity index (χ0v) is 42.9. The van der Waals surface area contributed by atoms with Gasteiger partial charge in [-0.1, -0.05) is 231 Å². The van der Waals surface area contributed by atoms with E-state index in [0.717, 1.165) is 139 Å². The SMILES string of the molecule is C=C1c2ccccc2N=C(c2ccc(-c3ccc(-c4nc5ccccc5c5nc(-c6ccc7ccccc7c6)c(-c6ccc7ccccc7c6)n45)cc3)cc2)N1/C(=C(\N)c1ccc2ccccc2c1)c1ccc2ccccc2c1. The number of para-hydroxylation sites is 2. The van der Waals surface area contributed by atoms with E-state index in [4.69, 9.17) is 27.3 Å². The lowest BCUT2D eigenvalue weighted by Crippen LogP contribution is -2.32. The predicted octanol–water partition coefficient (Wildman–Crippen LogP) is 18.0. The highest BCUT2D eigenvalue weighted by molar-refractivity contribution is 6.16. The molecule has 14 aromatic rings. The summed E-state index contributed by atoms with van der Waals surface area (Å²) in [5.41, 5.74) is 23.2. The van der Waals surface area contributed by atoms with Gasteiger partial charge in [0.2, 0.25) is 0 Å². The zero-order chi connectivity index (χ0) is 52.6. The number of hydrogen-bond donors (Lipinski definition) is 1. The van der Waals surface area contributed by atoms with Crippen LogP contribution in [0.4, 0.5) is 5.69 Å². The van der Waals surface area contributed by atoms with E-state index in [0.29, 0.717) is 5.70 Å². The zero-order valence-electron chi connectivity index (χ0n) is 42.9. The smallest absolute Gasteiger partial charge is 0.149 e. The summed E-state index contributed by atoms with van der Waals surface area (Å²) in [4.78, 5) is 18.6. The lowest BCUT2D eigenvalue weighted by Gasteiger charge is -2.35. The molecule has 0 aliphatic carbocycles. The van der Waals surface area contributed by atoms with E-state index in [9.17, 15) is 0 Å². The van der Waals surface area contributed by atoms with E-state index in [1.54, 1.807) is 0 Å². The van der Waals surface area contributed by atoms with Crippen molar-refractivity contribution < 1.29 is 0 Å². The number of amidine groups is 1. The van der Waals surface area contributed by atoms with Crippen LogP contribution in [0, 0.1) is 0 Å². The van der Waals surface area contributed by atoms with E-state index in [-0.39, 0.29) is 0 Å². The summed E-state index contributed by atoms with van der Waals surface area (Å²) in [6.07, 6.45) is 0. The fraction of sp³-hybridized carbons (Fsp3) is 0. The Hall–Kier alpha value is -10.7. The van der Waals surface area contributed by atoms with Gasteiger partial charge >= 0.3 is 0 Å². The van der Waals surface area contributed by atoms with E-state index in [1.807, 2.05) is 18.2 Å². The summed E-state index contributed by atoms with van der Waals surface area (Å²) < 4.78 is 2.27. The summed E-state index contributed by atoms with van der Waals surface area (Å²) in [7, 11) is 0. The summed E-state index contributed by atoms with van der Waals surface area (Å²) in [6, 6.07) is 94.1. The number of hydrogen-bond acceptors (Lipinski definition) is 5. The van der Waals surface area contributed by atoms with Gasteiger partial charge in [0.25, 0.3) is 0 Å². The number of imidazole rings is 1. The second-order valence-electron chi connectivity index (χ2n) is 20.3. The van der Waals surface area contributed by atoms with E-state index < -0.39 is 0 Å². The number of aromatic nitrogens is 3. The average Bonchev–Trinajstić information content (AvgIpc) is 4.20. The van der Waals surface area contributed by atoms with Crippen molar-refractivity contribution in [1.29, 1.82) is 0 Å². The van der Waals surface area contributed by atoms with Crippen LogP contribution >= 0.6 is 0 Å². The summed E-state index contributed by atoms with van der Waals surface area (Å²) >= 11 is 0. The largest absolute Gasteiger partial charge is 0.397 e. The molecule has 6 nitrogen and oxygen atoms in total. The summed E-state index contributed by atoms with van der Waals surface area (Å²) in [6.45, 7) is 4.79. The molecule has 0 fully saturated rings. The summed E-state index contributed by atoms with van der Waals surface area (Å²) in [5.74, 6) is 1.54. The Kier molecular flexibility index (Phi) is 10.7. The molecule has 1 aliphatic rings. The van der Waals surface area contributed by atoms with Gasteiger partial charge < -0.3 is 5.73 Å². The van der Waals surface area contributed by atoms with Crippen molar-refractivity contribution >= 4 is 88.3 Å². The number of nitrogens with zero attached hydrogens (tertiary/aromatic N) is 5. The molecule has 370 valence electrons. The first-order valence-corrected chi connectivity index (χ1v) is 26.6. The Balaban J connectivity index is 0.851. The van der Waals surface area contributed by atoms with Crippen LogP contribution in [-0.4, -0.2) is 25.1 Å². The average molecular weight is 1010 g/mol. The Labute approximate surface area is 456 Å². The maximum atomic E-state index is 7.51. The molecule has 0 radical (unpaired) electrons. The lowest BCUT2D eigenvalue weighted by atomic mass is 9.95. The Morgan fingerprint density at radius 3 is 1.51 bits per heavy atom. The van der Waals surface area contributed by atoms with Crippen LogP contribution in [0.5, 0.6) is 0 Å². The van der Waals surface area contributed by atoms with Gasteiger partial charge in [0.1, 0.15) is 17.3 Å². The maximum Gasteiger partial charge on any atom is 0.149 e. The maximum absolute atomic E-state index is 7.51. The molecule has 0 unspecified atom stereocenters. The van der Waals surface area contributed by atoms with Crippen LogP contribution in [0.2, 0.25) is 0 Å². The minimum atomic E-state index is 0.620. The van der Waals surface area contributed by atoms with Gasteiger partial charge in [0.15, 0.2) is 0 Å². The second-order valence-corrected chi connectivity index (χ2v) is 20.3. The molecule has 6 heteroatoms. The highest BCUT2D eigenvalue weighted by Crippen LogP contribution is 2.44. The van der Waals surface area contributed by atoms with Crippen LogP contribution in [0.1, 0.15) is 22.3 Å². The molecule has 0 bridgehead atoms. The first-order chi connectivity index (χ1) is 39.0. The number of fused-ring (bicyclic) bond motifs is 8. The molecule has 2 aromatic heterocycles. The Morgan fingerprint density at radius 2 is 0.861 bits per heavy atom. The van der Waals surface area contributed by atoms with E-state index >= 15 is 0 Å². The summed E-state index contributed by atoms with van der Waals surface area (Å²) in [5, 5.41) is 10.2. The highest BCUT2D eigenvalue weighted by Gasteiger charge is 2.31. The lowest BCUT2D eigenvalue weighted by molar-refractivity contribution is 0.813. The van der Waals surface area contributed by atoms with Crippen molar-refractivity contribution in [3.05, 3.63) is 296 Å². The Bertz CT molecular complexity index is 4870. The first-order valence-electron chi connectivity index (χ1n) is 26.6. The molecular weight excluding hydrogens is 961 g/mol. The monoisotopic (exact) mass is 1010 g/mol. The van der Waals surface area contributed by atoms with Gasteiger partial charge in [0.05, 0.1) is 34.0 Å². The van der Waals surface area contributed by atoms with Gasteiger partial charge in [-0.05, 0) is 96.7 Å². The quantitative estimate of drug-likeness (QED) is 0.154. The van der Waals surface area contributed by atoms with Crippen molar-refractivity contribution in [3.8, 4) is 45.0 Å². The number of rotatable bonds is 8. The van der Waals surface area contributed by atoms with Crippen LogP contribution < -0.4 is 5.73 Å². The molecule has 0 saturated heterocycles. The van der Waals surface area contributed by atoms with Crippen LogP contribution in [0.3, 0.4) is 0 Å². The van der Waals surface area contributed by atoms with Gasteiger partial charge in [-0.2, -0.15) is 0 Å². The topological polar surface area (TPSA) is 71.8 Å². The number of aliphatic imine (C=N–C) groups is 1. The normalized spacial score (nSPS) is 12.9. The number of nitrogens with two attached hydrogens (primary N) is 1. The molecule has 0 spiro atoms. The minimum Gasteiger partial charge on any atom is -0.397 e. The molecular formula is C73H48N6. The van der Waals surface area contributed by atoms with Gasteiger partial charge in [-0.3, -0.25) is 9.30 Å². The fourth-order valence-electron chi connectivity index (χ4n) is 11.6. The molecule has 2 N–H and O–H groups in total. The van der Waals surface area contributed by atoms with Crippen molar-refractivity contribution in [3.63, 3.8) is 0 Å². The van der Waals surface area contributed by atoms with Crippen LogP contribution in [0.15, 0.2) is 278 Å². The van der Waals surface area contributed by atoms with Crippen molar-refractivity contribution in [2.24, 2.45) is 10.7 Å². The molecule has 0 atom stereocenters. The highest BCUT2D eigenvalue weighted by atomic mass is 15.2. The van der Waals surface area contributed by atoms with Crippen molar-refractivity contribution in [2.45, 2.75) is 0 Å². The van der Waals surface area contributed by atoms with Crippen LogP contribution in [-0.2, 0) is 0 Å². The van der Waals surface area contributed by atoms with Crippen molar-refractivity contribution in [1.82, 2.24) is 19.3 Å². The van der Waals surface area contributed by atoms with Crippen molar-refractivity contribution in [2.75, 3.05) is 0 Å². The van der Waals surface area contributed by atoms with Gasteiger partial charge in [0, 0.05) is 50.0 Å². The van der Waals surface area contributed by atoms with E-state index in [1.165, 1.54) is 10.8 Å². The third-order valence-electron chi connectivity index (χ3n) is 15.6. The molecule has 0 saturated carbocycles. The second kappa shape index (κ2) is 18.6. The molecule has 0 amide bonds. The first kappa shape index (κ1) is 45.7. The third-order valence-corrected chi connectivity index (χ3v) is 15.6. The van der Waals surface area contributed by atoms with E-state index in [2.05, 4.69) is 258 Å². The molecule has 15 rings (SSSR count). The molecule has 12 aromatic carbocycles. The van der Waals surface area contributed by atoms with Crippen LogP contribution in [0.25, 0.3) is 122 Å². The molecule has 1 aliphatic heterocycles. The third kappa shape index (κ3) is 7.84. The predicted molar refractivity (Wildman–Crippen MR) is 330 cm³/mol. The van der Waals surface area contributed by atoms with Gasteiger partial charge in [-0.15, -0.1) is 0 Å². The molecule has 3 heterocycles. The number of benzene rings is 12. The fourth-order valence-corrected chi connectivity index (χ4v) is 11.6. The standard InChI is InChI=1S/C73H48N6/c1-46-63-22-10-12-24-65(63)75-71(78(46)69(61-40-32-49-16-4-8-20-57(49)44-61)67(74)59-38-30-47-14-2-6-18-55(47)42-59)53-34-26-51(27-35-53)52-28-36-54(37-29-52)72-76-66-25-13-11-23-64(66)73-77-68(60-39-31-48-15-3-7-19-56(48)43-60)70(79(72)73)62-41-33-50-17-5-9-21-58(50)45-62/h2-45H,1,74H2/b69-67-. The minimum absolute atomic E-state index is 0.620.